The first kappa shape index (κ1) is 23.9. The van der Waals surface area contributed by atoms with Crippen LogP contribution in [0.5, 0.6) is 0 Å². The van der Waals surface area contributed by atoms with E-state index in [1.807, 2.05) is 14.0 Å². The Bertz CT molecular complexity index is 322. The molecule has 1 aliphatic heterocycles. The molecule has 1 heterocycles. The molecule has 0 spiro atoms. The first-order chi connectivity index (χ1) is 11.2. The maximum Gasteiger partial charge on any atom is 0.190 e. The SMILES string of the molecule is CCOCCCNC(=NC)NCC(C)CN1CCN(CC)CC1.I. The number of aliphatic imine (C=N–C) groups is 1. The first-order valence-corrected chi connectivity index (χ1v) is 9.16. The van der Waals surface area contributed by atoms with E-state index < -0.39 is 0 Å². The van der Waals surface area contributed by atoms with Gasteiger partial charge >= 0.3 is 0 Å². The molecule has 1 saturated heterocycles. The van der Waals surface area contributed by atoms with E-state index in [1.165, 1.54) is 32.7 Å². The van der Waals surface area contributed by atoms with E-state index in [0.29, 0.717) is 5.92 Å². The smallest absolute Gasteiger partial charge is 0.190 e. The molecule has 0 amide bonds. The molecule has 0 radical (unpaired) electrons. The van der Waals surface area contributed by atoms with E-state index in [0.717, 1.165) is 45.2 Å². The summed E-state index contributed by atoms with van der Waals surface area (Å²) < 4.78 is 5.34. The number of likely N-dealkylation sites (N-methyl/N-ethyl adjacent to an activating group) is 1. The Morgan fingerprint density at radius 3 is 2.38 bits per heavy atom. The zero-order valence-electron chi connectivity index (χ0n) is 16.0. The molecule has 6 nitrogen and oxygen atoms in total. The summed E-state index contributed by atoms with van der Waals surface area (Å²) in [5, 5.41) is 6.77. The van der Waals surface area contributed by atoms with Crippen LogP contribution in [0.1, 0.15) is 27.2 Å². The topological polar surface area (TPSA) is 52.1 Å². The van der Waals surface area contributed by atoms with Crippen molar-refractivity contribution in [1.29, 1.82) is 0 Å². The summed E-state index contributed by atoms with van der Waals surface area (Å²) in [6.45, 7) is 17.2. The molecule has 0 aromatic heterocycles. The standard InChI is InChI=1S/C17H37N5O.HI/c1-5-21-9-11-22(12-10-21)15-16(3)14-20-17(18-4)19-8-7-13-23-6-2;/h16H,5-15H2,1-4H3,(H2,18,19,20);1H. The van der Waals surface area contributed by atoms with Crippen molar-refractivity contribution in [2.45, 2.75) is 27.2 Å². The summed E-state index contributed by atoms with van der Waals surface area (Å²) in [5.74, 6) is 1.51. The number of hydrogen-bond acceptors (Lipinski definition) is 4. The number of ether oxygens (including phenoxy) is 1. The van der Waals surface area contributed by atoms with Gasteiger partial charge in [0.25, 0.3) is 0 Å². The van der Waals surface area contributed by atoms with Crippen LogP contribution < -0.4 is 10.6 Å². The lowest BCUT2D eigenvalue weighted by atomic mass is 10.1. The van der Waals surface area contributed by atoms with Gasteiger partial charge in [-0.25, -0.2) is 0 Å². The number of nitrogens with one attached hydrogen (secondary N) is 2. The molecule has 0 saturated carbocycles. The van der Waals surface area contributed by atoms with Gasteiger partial charge in [0.1, 0.15) is 0 Å². The molecule has 0 aliphatic carbocycles. The van der Waals surface area contributed by atoms with Gasteiger partial charge < -0.3 is 25.2 Å². The van der Waals surface area contributed by atoms with E-state index in [9.17, 15) is 0 Å². The van der Waals surface area contributed by atoms with Gasteiger partial charge in [0, 0.05) is 66.1 Å². The van der Waals surface area contributed by atoms with Crippen molar-refractivity contribution in [2.75, 3.05) is 72.6 Å². The van der Waals surface area contributed by atoms with Crippen LogP contribution >= 0.6 is 24.0 Å². The second-order valence-corrected chi connectivity index (χ2v) is 6.27. The van der Waals surface area contributed by atoms with Crippen LogP contribution in [0.2, 0.25) is 0 Å². The lowest BCUT2D eigenvalue weighted by molar-refractivity contribution is 0.124. The number of piperazine rings is 1. The minimum absolute atomic E-state index is 0. The maximum atomic E-state index is 5.34. The first-order valence-electron chi connectivity index (χ1n) is 9.16. The van der Waals surface area contributed by atoms with Crippen LogP contribution in [0.4, 0.5) is 0 Å². The van der Waals surface area contributed by atoms with Crippen LogP contribution in [0.15, 0.2) is 4.99 Å². The quantitative estimate of drug-likeness (QED) is 0.226. The van der Waals surface area contributed by atoms with Gasteiger partial charge in [0.2, 0.25) is 0 Å². The van der Waals surface area contributed by atoms with Crippen LogP contribution in [-0.2, 0) is 4.74 Å². The van der Waals surface area contributed by atoms with Crippen molar-refractivity contribution in [1.82, 2.24) is 20.4 Å². The van der Waals surface area contributed by atoms with Gasteiger partial charge in [-0.05, 0) is 25.8 Å². The normalized spacial score (nSPS) is 18.1. The Kier molecular flexibility index (Phi) is 15.1. The molecule has 1 unspecified atom stereocenters. The van der Waals surface area contributed by atoms with E-state index in [2.05, 4.69) is 39.3 Å². The van der Waals surface area contributed by atoms with Gasteiger partial charge in [0.05, 0.1) is 0 Å². The van der Waals surface area contributed by atoms with E-state index in [4.69, 9.17) is 4.74 Å². The highest BCUT2D eigenvalue weighted by atomic mass is 127. The van der Waals surface area contributed by atoms with Gasteiger partial charge in [-0.15, -0.1) is 24.0 Å². The fourth-order valence-electron chi connectivity index (χ4n) is 2.81. The Morgan fingerprint density at radius 1 is 1.12 bits per heavy atom. The second kappa shape index (κ2) is 15.2. The number of nitrogens with zero attached hydrogens (tertiary/aromatic N) is 3. The van der Waals surface area contributed by atoms with Gasteiger partial charge in [-0.3, -0.25) is 4.99 Å². The van der Waals surface area contributed by atoms with Gasteiger partial charge in [0.15, 0.2) is 5.96 Å². The van der Waals surface area contributed by atoms with Crippen molar-refractivity contribution in [3.05, 3.63) is 0 Å². The Labute approximate surface area is 165 Å². The lowest BCUT2D eigenvalue weighted by Gasteiger charge is -2.35. The van der Waals surface area contributed by atoms with Crippen LogP contribution in [-0.4, -0.2) is 88.4 Å². The largest absolute Gasteiger partial charge is 0.382 e. The van der Waals surface area contributed by atoms with Crippen molar-refractivity contribution in [2.24, 2.45) is 10.9 Å². The average molecular weight is 455 g/mol. The van der Waals surface area contributed by atoms with Crippen LogP contribution in [0, 0.1) is 5.92 Å². The molecule has 2 N–H and O–H groups in total. The monoisotopic (exact) mass is 455 g/mol. The summed E-state index contributed by atoms with van der Waals surface area (Å²) >= 11 is 0. The fourth-order valence-corrected chi connectivity index (χ4v) is 2.81. The molecule has 1 fully saturated rings. The zero-order chi connectivity index (χ0) is 16.9. The summed E-state index contributed by atoms with van der Waals surface area (Å²) in [6, 6.07) is 0. The van der Waals surface area contributed by atoms with Crippen LogP contribution in [0.3, 0.4) is 0 Å². The average Bonchev–Trinajstić information content (AvgIpc) is 2.58. The maximum absolute atomic E-state index is 5.34. The summed E-state index contributed by atoms with van der Waals surface area (Å²) in [5.41, 5.74) is 0. The molecule has 7 heteroatoms. The third-order valence-corrected chi connectivity index (χ3v) is 4.29. The van der Waals surface area contributed by atoms with Crippen molar-refractivity contribution < 1.29 is 4.74 Å². The van der Waals surface area contributed by atoms with E-state index in [-0.39, 0.29) is 24.0 Å². The number of guanidine groups is 1. The molecule has 1 rings (SSSR count). The van der Waals surface area contributed by atoms with Crippen molar-refractivity contribution in [3.8, 4) is 0 Å². The molecule has 0 aromatic rings. The minimum Gasteiger partial charge on any atom is -0.382 e. The summed E-state index contributed by atoms with van der Waals surface area (Å²) in [4.78, 5) is 9.38. The summed E-state index contributed by atoms with van der Waals surface area (Å²) in [7, 11) is 1.83. The zero-order valence-corrected chi connectivity index (χ0v) is 18.3. The molecule has 24 heavy (non-hydrogen) atoms. The Hall–Kier alpha value is -0.120. The van der Waals surface area contributed by atoms with Crippen molar-refractivity contribution >= 4 is 29.9 Å². The van der Waals surface area contributed by atoms with Crippen molar-refractivity contribution in [3.63, 3.8) is 0 Å². The number of rotatable bonds is 10. The summed E-state index contributed by atoms with van der Waals surface area (Å²) in [6.07, 6.45) is 1.01. The fraction of sp³-hybridized carbons (Fsp3) is 0.941. The highest BCUT2D eigenvalue weighted by molar-refractivity contribution is 14.0. The second-order valence-electron chi connectivity index (χ2n) is 6.27. The van der Waals surface area contributed by atoms with E-state index >= 15 is 0 Å². The lowest BCUT2D eigenvalue weighted by Crippen LogP contribution is -2.48. The van der Waals surface area contributed by atoms with Gasteiger partial charge in [-0.1, -0.05) is 13.8 Å². The molecule has 144 valence electrons. The van der Waals surface area contributed by atoms with Gasteiger partial charge in [-0.2, -0.15) is 0 Å². The number of halogens is 1. The molecule has 1 aliphatic rings. The highest BCUT2D eigenvalue weighted by Crippen LogP contribution is 2.04. The van der Waals surface area contributed by atoms with Crippen LogP contribution in [0.25, 0.3) is 0 Å². The molecular formula is C17H38IN5O. The minimum atomic E-state index is 0. The molecule has 1 atom stereocenters. The predicted octanol–water partition coefficient (Wildman–Crippen LogP) is 1.47. The number of hydrogen-bond donors (Lipinski definition) is 2. The predicted molar refractivity (Wildman–Crippen MR) is 114 cm³/mol. The van der Waals surface area contributed by atoms with E-state index in [1.54, 1.807) is 0 Å². The third-order valence-electron chi connectivity index (χ3n) is 4.29. The molecular weight excluding hydrogens is 417 g/mol. The third kappa shape index (κ3) is 10.7. The molecule has 0 aromatic carbocycles. The Balaban J connectivity index is 0.00000529. The molecule has 0 bridgehead atoms. The highest BCUT2D eigenvalue weighted by Gasteiger charge is 2.17. The Morgan fingerprint density at radius 2 is 1.79 bits per heavy atom.